The number of nitrogens with zero attached hydrogens (tertiary/aromatic N) is 4. The Morgan fingerprint density at radius 2 is 2.00 bits per heavy atom. The Kier molecular flexibility index (Phi) is 4.67. The number of halogens is 3. The van der Waals surface area contributed by atoms with Crippen molar-refractivity contribution in [3.8, 4) is 0 Å². The number of carbonyl (C=O) groups is 1. The molecule has 1 amide bonds. The largest absolute Gasteiger partial charge is 0.433 e. The van der Waals surface area contributed by atoms with Crippen LogP contribution in [-0.2, 0) is 12.6 Å². The molecule has 25 heavy (non-hydrogen) atoms. The number of likely N-dealkylation sites (tertiary alicyclic amines) is 1. The fourth-order valence-electron chi connectivity index (χ4n) is 2.80. The van der Waals surface area contributed by atoms with E-state index in [9.17, 15) is 23.1 Å². The number of aliphatic hydroxyl groups excluding tert-OH is 1. The van der Waals surface area contributed by atoms with E-state index in [0.29, 0.717) is 12.1 Å². The number of hydrogen-bond acceptors (Lipinski definition) is 5. The topological polar surface area (TPSA) is 79.2 Å². The molecule has 0 aromatic carbocycles. The van der Waals surface area contributed by atoms with Gasteiger partial charge < -0.3 is 10.0 Å². The van der Waals surface area contributed by atoms with Crippen molar-refractivity contribution >= 4 is 5.91 Å². The van der Waals surface area contributed by atoms with Gasteiger partial charge in [-0.2, -0.15) is 13.2 Å². The lowest BCUT2D eigenvalue weighted by Crippen LogP contribution is -2.29. The highest BCUT2D eigenvalue weighted by Gasteiger charge is 2.36. The number of aromatic nitrogens is 3. The van der Waals surface area contributed by atoms with Crippen molar-refractivity contribution in [2.45, 2.75) is 18.7 Å². The summed E-state index contributed by atoms with van der Waals surface area (Å²) < 4.78 is 37.6. The van der Waals surface area contributed by atoms with Gasteiger partial charge in [0, 0.05) is 43.8 Å². The number of rotatable bonds is 3. The molecule has 3 heterocycles. The van der Waals surface area contributed by atoms with Gasteiger partial charge in [-0.15, -0.1) is 0 Å². The number of β-amino-alcohol motifs (C(OH)–C–C–N with tert-alkyl or cyclic N) is 1. The second-order valence-electron chi connectivity index (χ2n) is 5.87. The first-order valence-corrected chi connectivity index (χ1v) is 7.60. The lowest BCUT2D eigenvalue weighted by molar-refractivity contribution is -0.141. The Hall–Kier alpha value is -2.55. The van der Waals surface area contributed by atoms with E-state index < -0.39 is 23.9 Å². The van der Waals surface area contributed by atoms with Gasteiger partial charge in [0.05, 0.1) is 17.4 Å². The third-order valence-corrected chi connectivity index (χ3v) is 4.08. The molecule has 0 saturated carbocycles. The van der Waals surface area contributed by atoms with Gasteiger partial charge in [-0.25, -0.2) is 0 Å². The van der Waals surface area contributed by atoms with Gasteiger partial charge in [0.1, 0.15) is 5.69 Å². The minimum absolute atomic E-state index is 0.0559. The number of aliphatic hydroxyl groups is 1. The molecule has 2 aromatic heterocycles. The summed E-state index contributed by atoms with van der Waals surface area (Å²) >= 11 is 0. The van der Waals surface area contributed by atoms with Crippen molar-refractivity contribution < 1.29 is 23.1 Å². The van der Waals surface area contributed by atoms with Gasteiger partial charge in [0.2, 0.25) is 0 Å². The summed E-state index contributed by atoms with van der Waals surface area (Å²) in [7, 11) is 0. The normalized spacial score (nSPS) is 20.7. The van der Waals surface area contributed by atoms with Crippen LogP contribution in [-0.4, -0.2) is 50.1 Å². The van der Waals surface area contributed by atoms with E-state index in [1.165, 1.54) is 4.90 Å². The van der Waals surface area contributed by atoms with E-state index in [0.717, 1.165) is 18.3 Å². The summed E-state index contributed by atoms with van der Waals surface area (Å²) in [6, 6.07) is 1.87. The average Bonchev–Trinajstić information content (AvgIpc) is 2.95. The molecule has 1 aliphatic heterocycles. The maximum Gasteiger partial charge on any atom is 0.433 e. The van der Waals surface area contributed by atoms with E-state index in [2.05, 4.69) is 15.0 Å². The second kappa shape index (κ2) is 6.75. The zero-order chi connectivity index (χ0) is 18.0. The van der Waals surface area contributed by atoms with E-state index in [1.54, 1.807) is 18.6 Å². The molecule has 1 N–H and O–H groups in total. The first-order valence-electron chi connectivity index (χ1n) is 7.60. The maximum absolute atomic E-state index is 12.5. The Morgan fingerprint density at radius 3 is 2.60 bits per heavy atom. The summed E-state index contributed by atoms with van der Waals surface area (Å²) in [6.07, 6.45) is 0.783. The van der Waals surface area contributed by atoms with Crippen LogP contribution in [0, 0.1) is 5.92 Å². The van der Waals surface area contributed by atoms with Crippen molar-refractivity contribution in [2.24, 2.45) is 5.92 Å². The molecule has 1 aliphatic rings. The third kappa shape index (κ3) is 3.93. The van der Waals surface area contributed by atoms with Crippen LogP contribution in [0.15, 0.2) is 36.9 Å². The molecule has 3 rings (SSSR count). The Morgan fingerprint density at radius 1 is 1.20 bits per heavy atom. The van der Waals surface area contributed by atoms with E-state index in [4.69, 9.17) is 0 Å². The van der Waals surface area contributed by atoms with Crippen LogP contribution in [0.1, 0.15) is 21.7 Å². The fourth-order valence-corrected chi connectivity index (χ4v) is 2.80. The summed E-state index contributed by atoms with van der Waals surface area (Å²) in [4.78, 5) is 25.2. The van der Waals surface area contributed by atoms with Crippen LogP contribution in [0.5, 0.6) is 0 Å². The summed E-state index contributed by atoms with van der Waals surface area (Å²) in [5.41, 5.74) is -0.288. The molecule has 2 atom stereocenters. The standard InChI is InChI=1S/C16H15F3N4O2/c17-16(18,19)14-2-1-10(6-22-14)15(25)23-8-11(13(24)9-23)5-12-7-20-3-4-21-12/h1-4,6-7,11,13,24H,5,8-9H2/t11-,13-/m1/s1. The molecule has 1 saturated heterocycles. The van der Waals surface area contributed by atoms with Gasteiger partial charge in [-0.3, -0.25) is 19.7 Å². The average molecular weight is 352 g/mol. The molecule has 0 radical (unpaired) electrons. The zero-order valence-electron chi connectivity index (χ0n) is 13.0. The highest BCUT2D eigenvalue weighted by atomic mass is 19.4. The predicted octanol–water partition coefficient (Wildman–Crippen LogP) is 1.57. The van der Waals surface area contributed by atoms with Crippen LogP contribution in [0.4, 0.5) is 13.2 Å². The van der Waals surface area contributed by atoms with Crippen molar-refractivity contribution in [3.63, 3.8) is 0 Å². The highest BCUT2D eigenvalue weighted by Crippen LogP contribution is 2.28. The Bertz CT molecular complexity index is 737. The predicted molar refractivity (Wildman–Crippen MR) is 80.4 cm³/mol. The van der Waals surface area contributed by atoms with Gasteiger partial charge in [0.25, 0.3) is 5.91 Å². The minimum atomic E-state index is -4.55. The number of amides is 1. The van der Waals surface area contributed by atoms with E-state index >= 15 is 0 Å². The van der Waals surface area contributed by atoms with Crippen LogP contribution in [0.2, 0.25) is 0 Å². The summed E-state index contributed by atoms with van der Waals surface area (Å²) in [6.45, 7) is 0.405. The first-order chi connectivity index (χ1) is 11.8. The fraction of sp³-hybridized carbons (Fsp3) is 0.375. The smallest absolute Gasteiger partial charge is 0.391 e. The van der Waals surface area contributed by atoms with Gasteiger partial charge in [0.15, 0.2) is 0 Å². The van der Waals surface area contributed by atoms with Gasteiger partial charge in [-0.05, 0) is 18.6 Å². The molecule has 0 spiro atoms. The lowest BCUT2D eigenvalue weighted by Gasteiger charge is -2.16. The lowest BCUT2D eigenvalue weighted by atomic mass is 10.0. The maximum atomic E-state index is 12.5. The van der Waals surface area contributed by atoms with Crippen molar-refractivity contribution in [2.75, 3.05) is 13.1 Å². The zero-order valence-corrected chi connectivity index (χ0v) is 13.0. The molecule has 0 bridgehead atoms. The number of alkyl halides is 3. The van der Waals surface area contributed by atoms with E-state index in [1.807, 2.05) is 0 Å². The van der Waals surface area contributed by atoms with Crippen LogP contribution >= 0.6 is 0 Å². The Labute approximate surface area is 141 Å². The van der Waals surface area contributed by atoms with Crippen molar-refractivity contribution in [1.82, 2.24) is 19.9 Å². The second-order valence-corrected chi connectivity index (χ2v) is 5.87. The molecule has 6 nitrogen and oxygen atoms in total. The van der Waals surface area contributed by atoms with Crippen LogP contribution in [0.25, 0.3) is 0 Å². The van der Waals surface area contributed by atoms with Crippen LogP contribution in [0.3, 0.4) is 0 Å². The molecule has 0 unspecified atom stereocenters. The van der Waals surface area contributed by atoms with Crippen molar-refractivity contribution in [1.29, 1.82) is 0 Å². The molecular weight excluding hydrogens is 337 g/mol. The number of hydrogen-bond donors (Lipinski definition) is 1. The minimum Gasteiger partial charge on any atom is -0.391 e. The SMILES string of the molecule is O=C(c1ccc(C(F)(F)F)nc1)N1C[C@@H](Cc2cnccn2)[C@H](O)C1. The summed E-state index contributed by atoms with van der Waals surface area (Å²) in [5, 5.41) is 10.2. The number of pyridine rings is 1. The number of carbonyl (C=O) groups excluding carboxylic acids is 1. The molecule has 9 heteroatoms. The first kappa shape index (κ1) is 17.3. The highest BCUT2D eigenvalue weighted by molar-refractivity contribution is 5.94. The molecule has 132 valence electrons. The van der Waals surface area contributed by atoms with Gasteiger partial charge >= 0.3 is 6.18 Å². The third-order valence-electron chi connectivity index (χ3n) is 4.08. The molecular formula is C16H15F3N4O2. The molecule has 0 aliphatic carbocycles. The van der Waals surface area contributed by atoms with Crippen molar-refractivity contribution in [3.05, 3.63) is 53.9 Å². The molecule has 2 aromatic rings. The summed E-state index contributed by atoms with van der Waals surface area (Å²) in [5.74, 6) is -0.662. The van der Waals surface area contributed by atoms with Gasteiger partial charge in [-0.1, -0.05) is 0 Å². The molecule has 1 fully saturated rings. The monoisotopic (exact) mass is 352 g/mol. The van der Waals surface area contributed by atoms with Crippen LogP contribution < -0.4 is 0 Å². The quantitative estimate of drug-likeness (QED) is 0.907. The van der Waals surface area contributed by atoms with E-state index in [-0.39, 0.29) is 24.6 Å². The Balaban J connectivity index is 1.67.